The fourth-order valence-electron chi connectivity index (χ4n) is 1.46. The van der Waals surface area contributed by atoms with Crippen molar-refractivity contribution in [3.05, 3.63) is 38.9 Å². The third-order valence-corrected chi connectivity index (χ3v) is 2.49. The van der Waals surface area contributed by atoms with Gasteiger partial charge in [-0.1, -0.05) is 11.6 Å². The predicted molar refractivity (Wildman–Crippen MR) is 68.6 cm³/mol. The lowest BCUT2D eigenvalue weighted by Crippen LogP contribution is -2.13. The van der Waals surface area contributed by atoms with Crippen LogP contribution >= 0.6 is 24.0 Å². The molecule has 0 aromatic heterocycles. The van der Waals surface area contributed by atoms with Gasteiger partial charge in [0.1, 0.15) is 0 Å². The maximum Gasteiger partial charge on any atom is 0.274 e. The van der Waals surface area contributed by atoms with Gasteiger partial charge in [0.15, 0.2) is 0 Å². The first-order valence-corrected chi connectivity index (χ1v) is 5.24. The van der Waals surface area contributed by atoms with Crippen molar-refractivity contribution in [1.29, 1.82) is 0 Å². The van der Waals surface area contributed by atoms with Crippen LogP contribution in [0.1, 0.15) is 24.4 Å². The van der Waals surface area contributed by atoms with Crippen LogP contribution < -0.4 is 5.73 Å². The number of nitrogens with two attached hydrogens (primary N) is 1. The molecule has 1 aromatic rings. The van der Waals surface area contributed by atoms with Gasteiger partial charge in [-0.2, -0.15) is 0 Å². The zero-order valence-corrected chi connectivity index (χ0v) is 10.6. The van der Waals surface area contributed by atoms with Gasteiger partial charge in [0.25, 0.3) is 5.69 Å². The Bertz CT molecular complexity index is 388. The van der Waals surface area contributed by atoms with Crippen LogP contribution in [0.3, 0.4) is 0 Å². The molecule has 0 aliphatic carbocycles. The Labute approximate surface area is 110 Å². The maximum atomic E-state index is 10.8. The number of halogens is 2. The van der Waals surface area contributed by atoms with E-state index >= 15 is 0 Å². The summed E-state index contributed by atoms with van der Waals surface area (Å²) >= 11 is 5.77. The molecule has 1 atom stereocenters. The molecular formula is C10H14Cl2N2O3. The largest absolute Gasteiger partial charge is 0.396 e. The summed E-state index contributed by atoms with van der Waals surface area (Å²) in [5, 5.41) is 19.9. The number of rotatable bonds is 5. The number of nitrogens with zero attached hydrogens (tertiary/aromatic N) is 1. The monoisotopic (exact) mass is 280 g/mol. The fraction of sp³-hybridized carbons (Fsp3) is 0.400. The van der Waals surface area contributed by atoms with Crippen molar-refractivity contribution in [2.75, 3.05) is 6.61 Å². The molecule has 0 radical (unpaired) electrons. The third kappa shape index (κ3) is 4.47. The summed E-state index contributed by atoms with van der Waals surface area (Å²) in [4.78, 5) is 10.3. The summed E-state index contributed by atoms with van der Waals surface area (Å²) in [7, 11) is 0. The lowest BCUT2D eigenvalue weighted by atomic mass is 10.0. The van der Waals surface area contributed by atoms with E-state index in [4.69, 9.17) is 22.4 Å². The first-order chi connectivity index (χ1) is 7.56. The number of nitro benzene ring substituents is 1. The average Bonchev–Trinajstić information content (AvgIpc) is 2.25. The molecule has 0 amide bonds. The summed E-state index contributed by atoms with van der Waals surface area (Å²) in [6.07, 6.45) is 0.989. The molecule has 17 heavy (non-hydrogen) atoms. The Morgan fingerprint density at radius 1 is 1.53 bits per heavy atom. The molecule has 0 saturated carbocycles. The Kier molecular flexibility index (Phi) is 7.06. The second-order valence-corrected chi connectivity index (χ2v) is 3.87. The van der Waals surface area contributed by atoms with E-state index in [1.807, 2.05) is 0 Å². The number of hydrogen-bond donors (Lipinski definition) is 2. The first kappa shape index (κ1) is 16.1. The van der Waals surface area contributed by atoms with Crippen molar-refractivity contribution >= 4 is 29.7 Å². The van der Waals surface area contributed by atoms with E-state index in [0.29, 0.717) is 23.4 Å². The zero-order chi connectivity index (χ0) is 12.1. The lowest BCUT2D eigenvalue weighted by molar-refractivity contribution is -0.385. The van der Waals surface area contributed by atoms with Crippen molar-refractivity contribution in [2.24, 2.45) is 5.73 Å². The van der Waals surface area contributed by atoms with Gasteiger partial charge in [-0.05, 0) is 25.0 Å². The molecule has 0 aliphatic rings. The maximum absolute atomic E-state index is 10.8. The molecule has 1 rings (SSSR count). The molecule has 0 heterocycles. The number of aliphatic hydroxyl groups is 1. The smallest absolute Gasteiger partial charge is 0.274 e. The van der Waals surface area contributed by atoms with E-state index in [9.17, 15) is 10.1 Å². The van der Waals surface area contributed by atoms with Gasteiger partial charge < -0.3 is 10.8 Å². The van der Waals surface area contributed by atoms with E-state index in [1.165, 1.54) is 18.2 Å². The second-order valence-electron chi connectivity index (χ2n) is 3.43. The highest BCUT2D eigenvalue weighted by Crippen LogP contribution is 2.29. The molecule has 7 heteroatoms. The highest BCUT2D eigenvalue weighted by atomic mass is 35.5. The predicted octanol–water partition coefficient (Wildman–Crippen LogP) is 2.44. The molecule has 0 spiro atoms. The highest BCUT2D eigenvalue weighted by Gasteiger charge is 2.19. The summed E-state index contributed by atoms with van der Waals surface area (Å²) in [6.45, 7) is 0.0159. The summed E-state index contributed by atoms with van der Waals surface area (Å²) in [5.41, 5.74) is 6.19. The van der Waals surface area contributed by atoms with Gasteiger partial charge in [-0.3, -0.25) is 10.1 Å². The summed E-state index contributed by atoms with van der Waals surface area (Å²) < 4.78 is 0. The van der Waals surface area contributed by atoms with Crippen molar-refractivity contribution in [3.8, 4) is 0 Å². The molecule has 96 valence electrons. The second kappa shape index (κ2) is 7.45. The van der Waals surface area contributed by atoms with Gasteiger partial charge in [0, 0.05) is 29.3 Å². The quantitative estimate of drug-likeness (QED) is 0.640. The number of nitro groups is 1. The van der Waals surface area contributed by atoms with E-state index in [-0.39, 0.29) is 24.7 Å². The van der Waals surface area contributed by atoms with Gasteiger partial charge in [-0.15, -0.1) is 12.4 Å². The lowest BCUT2D eigenvalue weighted by Gasteiger charge is -2.11. The van der Waals surface area contributed by atoms with Gasteiger partial charge in [0.05, 0.1) is 4.92 Å². The van der Waals surface area contributed by atoms with Crippen LogP contribution in [0, 0.1) is 10.1 Å². The average molecular weight is 281 g/mol. The molecule has 0 aliphatic heterocycles. The molecule has 0 bridgehead atoms. The normalized spacial score (nSPS) is 11.7. The molecule has 0 fully saturated rings. The van der Waals surface area contributed by atoms with Crippen molar-refractivity contribution in [1.82, 2.24) is 0 Å². The number of aliphatic hydroxyl groups excluding tert-OH is 1. The third-order valence-electron chi connectivity index (χ3n) is 2.26. The van der Waals surface area contributed by atoms with E-state index < -0.39 is 11.0 Å². The zero-order valence-electron chi connectivity index (χ0n) is 9.01. The molecular weight excluding hydrogens is 267 g/mol. The van der Waals surface area contributed by atoms with Crippen LogP contribution in [-0.2, 0) is 0 Å². The summed E-state index contributed by atoms with van der Waals surface area (Å²) in [5.74, 6) is 0. The Morgan fingerprint density at radius 2 is 2.18 bits per heavy atom. The Morgan fingerprint density at radius 3 is 2.71 bits per heavy atom. The van der Waals surface area contributed by atoms with E-state index in [2.05, 4.69) is 0 Å². The number of benzene rings is 1. The Balaban J connectivity index is 0.00000256. The Hall–Kier alpha value is -0.880. The van der Waals surface area contributed by atoms with E-state index in [1.54, 1.807) is 0 Å². The molecule has 0 saturated heterocycles. The summed E-state index contributed by atoms with van der Waals surface area (Å²) in [6, 6.07) is 3.83. The van der Waals surface area contributed by atoms with Crippen LogP contribution in [-0.4, -0.2) is 16.6 Å². The van der Waals surface area contributed by atoms with Crippen LogP contribution in [0.4, 0.5) is 5.69 Å². The van der Waals surface area contributed by atoms with Gasteiger partial charge >= 0.3 is 0 Å². The van der Waals surface area contributed by atoms with Crippen LogP contribution in [0.15, 0.2) is 18.2 Å². The fourth-order valence-corrected chi connectivity index (χ4v) is 1.64. The minimum atomic E-state index is -0.482. The number of hydrogen-bond acceptors (Lipinski definition) is 4. The van der Waals surface area contributed by atoms with Crippen molar-refractivity contribution < 1.29 is 10.0 Å². The standard InChI is InChI=1S/C10H13ClN2O3.ClH/c11-7-3-4-10(13(15)16)8(6-7)9(12)2-1-5-14;/h3-4,6,9,14H,1-2,5,12H2;1H/t9-;/m1./s1. The van der Waals surface area contributed by atoms with Crippen LogP contribution in [0.2, 0.25) is 5.02 Å². The minimum absolute atomic E-state index is 0. The molecule has 0 unspecified atom stereocenters. The van der Waals surface area contributed by atoms with Crippen LogP contribution in [0.5, 0.6) is 0 Å². The minimum Gasteiger partial charge on any atom is -0.396 e. The molecule has 1 aromatic carbocycles. The van der Waals surface area contributed by atoms with Crippen molar-refractivity contribution in [3.63, 3.8) is 0 Å². The first-order valence-electron chi connectivity index (χ1n) is 4.86. The topological polar surface area (TPSA) is 89.4 Å². The highest BCUT2D eigenvalue weighted by molar-refractivity contribution is 6.30. The SMILES string of the molecule is Cl.N[C@H](CCCO)c1cc(Cl)ccc1[N+](=O)[O-]. The van der Waals surface area contributed by atoms with Gasteiger partial charge in [-0.25, -0.2) is 0 Å². The van der Waals surface area contributed by atoms with Crippen molar-refractivity contribution in [2.45, 2.75) is 18.9 Å². The molecule has 3 N–H and O–H groups in total. The van der Waals surface area contributed by atoms with Crippen LogP contribution in [0.25, 0.3) is 0 Å². The van der Waals surface area contributed by atoms with E-state index in [0.717, 1.165) is 0 Å². The van der Waals surface area contributed by atoms with Gasteiger partial charge in [0.2, 0.25) is 0 Å². The molecule has 5 nitrogen and oxygen atoms in total.